The predicted molar refractivity (Wildman–Crippen MR) is 79.2 cm³/mol. The van der Waals surface area contributed by atoms with Gasteiger partial charge in [0.2, 0.25) is 0 Å². The van der Waals surface area contributed by atoms with Gasteiger partial charge in [-0.25, -0.2) is 0 Å². The van der Waals surface area contributed by atoms with Gasteiger partial charge in [0.15, 0.2) is 11.5 Å². The van der Waals surface area contributed by atoms with Crippen LogP contribution >= 0.6 is 0 Å². The van der Waals surface area contributed by atoms with Gasteiger partial charge in [-0.05, 0) is 18.2 Å². The van der Waals surface area contributed by atoms with Crippen LogP contribution in [0.25, 0.3) is 0 Å². The second-order valence-electron chi connectivity index (χ2n) is 4.41. The summed E-state index contributed by atoms with van der Waals surface area (Å²) in [7, 11) is 4.28. The molecule has 7 nitrogen and oxygen atoms in total. The van der Waals surface area contributed by atoms with Gasteiger partial charge in [0.05, 0.1) is 34.4 Å². The molecule has 0 saturated heterocycles. The van der Waals surface area contributed by atoms with E-state index in [9.17, 15) is 9.59 Å². The Bertz CT molecular complexity index is 517. The van der Waals surface area contributed by atoms with Crippen LogP contribution in [0.15, 0.2) is 18.2 Å². The zero-order valence-electron chi connectivity index (χ0n) is 13.0. The van der Waals surface area contributed by atoms with Crippen molar-refractivity contribution in [2.75, 3.05) is 41.0 Å². The fraction of sp³-hybridized carbons (Fsp3) is 0.467. The molecule has 0 aliphatic rings. The maximum absolute atomic E-state index is 12.5. The Balaban J connectivity index is 2.91. The lowest BCUT2D eigenvalue weighted by atomic mass is 10.1. The quantitative estimate of drug-likeness (QED) is 0.711. The van der Waals surface area contributed by atoms with Gasteiger partial charge in [0.25, 0.3) is 5.91 Å². The molecule has 0 aromatic heterocycles. The van der Waals surface area contributed by atoms with Gasteiger partial charge >= 0.3 is 5.97 Å². The van der Waals surface area contributed by atoms with Crippen LogP contribution < -0.4 is 9.47 Å². The minimum atomic E-state index is -0.414. The van der Waals surface area contributed by atoms with Crippen molar-refractivity contribution >= 4 is 11.9 Å². The first kappa shape index (κ1) is 17.8. The first-order valence-corrected chi connectivity index (χ1v) is 6.76. The van der Waals surface area contributed by atoms with E-state index < -0.39 is 5.97 Å². The van der Waals surface area contributed by atoms with Crippen molar-refractivity contribution in [2.45, 2.75) is 6.42 Å². The molecule has 1 aromatic rings. The van der Waals surface area contributed by atoms with Gasteiger partial charge in [-0.1, -0.05) is 0 Å². The zero-order valence-corrected chi connectivity index (χ0v) is 13.0. The van der Waals surface area contributed by atoms with Crippen molar-refractivity contribution in [2.24, 2.45) is 0 Å². The fourth-order valence-electron chi connectivity index (χ4n) is 1.92. The Morgan fingerprint density at radius 3 is 2.32 bits per heavy atom. The van der Waals surface area contributed by atoms with E-state index in [1.807, 2.05) is 0 Å². The highest BCUT2D eigenvalue weighted by molar-refractivity contribution is 5.95. The van der Waals surface area contributed by atoms with Gasteiger partial charge in [0, 0.05) is 18.7 Å². The van der Waals surface area contributed by atoms with Crippen LogP contribution in [0, 0.1) is 0 Å². The largest absolute Gasteiger partial charge is 0.493 e. The Labute approximate surface area is 129 Å². The number of carbonyl (C=O) groups excluding carboxylic acids is 2. The maximum Gasteiger partial charge on any atom is 0.307 e. The minimum Gasteiger partial charge on any atom is -0.493 e. The first-order valence-electron chi connectivity index (χ1n) is 6.76. The third-order valence-corrected chi connectivity index (χ3v) is 3.10. The molecule has 122 valence electrons. The zero-order chi connectivity index (χ0) is 16.5. The van der Waals surface area contributed by atoms with Crippen molar-refractivity contribution < 1.29 is 28.9 Å². The Morgan fingerprint density at radius 1 is 1.09 bits per heavy atom. The van der Waals surface area contributed by atoms with E-state index in [1.165, 1.54) is 26.2 Å². The Morgan fingerprint density at radius 2 is 1.77 bits per heavy atom. The van der Waals surface area contributed by atoms with Crippen molar-refractivity contribution in [3.05, 3.63) is 23.8 Å². The molecule has 1 aromatic carbocycles. The van der Waals surface area contributed by atoms with Crippen molar-refractivity contribution in [1.82, 2.24) is 4.90 Å². The van der Waals surface area contributed by atoms with E-state index in [1.54, 1.807) is 18.2 Å². The SMILES string of the molecule is COC(=O)CCN(CCO)C(=O)c1ccc(OC)c(OC)c1. The van der Waals surface area contributed by atoms with E-state index in [2.05, 4.69) is 4.74 Å². The number of rotatable bonds is 8. The van der Waals surface area contributed by atoms with E-state index in [4.69, 9.17) is 14.6 Å². The number of carbonyl (C=O) groups is 2. The lowest BCUT2D eigenvalue weighted by molar-refractivity contribution is -0.140. The molecule has 1 amide bonds. The van der Waals surface area contributed by atoms with Crippen LogP contribution in [0.1, 0.15) is 16.8 Å². The number of hydrogen-bond acceptors (Lipinski definition) is 6. The molecule has 0 radical (unpaired) electrons. The maximum atomic E-state index is 12.5. The van der Waals surface area contributed by atoms with E-state index in [-0.39, 0.29) is 32.0 Å². The molecule has 1 rings (SSSR count). The number of hydrogen-bond donors (Lipinski definition) is 1. The van der Waals surface area contributed by atoms with Crippen LogP contribution in [0.4, 0.5) is 0 Å². The number of methoxy groups -OCH3 is 3. The Hall–Kier alpha value is -2.28. The third-order valence-electron chi connectivity index (χ3n) is 3.10. The first-order chi connectivity index (χ1) is 10.6. The molecule has 0 fully saturated rings. The normalized spacial score (nSPS) is 10.0. The number of esters is 1. The molecule has 0 atom stereocenters. The number of benzene rings is 1. The second-order valence-corrected chi connectivity index (χ2v) is 4.41. The molecular weight excluding hydrogens is 290 g/mol. The number of amides is 1. The summed E-state index contributed by atoms with van der Waals surface area (Å²) in [5.41, 5.74) is 0.385. The summed E-state index contributed by atoms with van der Waals surface area (Å²) in [5.74, 6) is 0.231. The lowest BCUT2D eigenvalue weighted by Crippen LogP contribution is -2.35. The van der Waals surface area contributed by atoms with Crippen LogP contribution in [-0.4, -0.2) is 62.9 Å². The highest BCUT2D eigenvalue weighted by Gasteiger charge is 2.18. The summed E-state index contributed by atoms with van der Waals surface area (Å²) in [6, 6.07) is 4.79. The van der Waals surface area contributed by atoms with Crippen molar-refractivity contribution in [3.63, 3.8) is 0 Å². The average Bonchev–Trinajstić information content (AvgIpc) is 2.56. The molecule has 0 saturated carbocycles. The Kier molecular flexibility index (Phi) is 7.18. The minimum absolute atomic E-state index is 0.0650. The highest BCUT2D eigenvalue weighted by Crippen LogP contribution is 2.28. The van der Waals surface area contributed by atoms with Crippen LogP contribution in [0.2, 0.25) is 0 Å². The topological polar surface area (TPSA) is 85.3 Å². The molecule has 1 N–H and O–H groups in total. The number of ether oxygens (including phenoxy) is 3. The summed E-state index contributed by atoms with van der Waals surface area (Å²) < 4.78 is 14.8. The van der Waals surface area contributed by atoms with Crippen molar-refractivity contribution in [1.29, 1.82) is 0 Å². The van der Waals surface area contributed by atoms with Gasteiger partial charge in [0.1, 0.15) is 0 Å². The lowest BCUT2D eigenvalue weighted by Gasteiger charge is -2.21. The highest BCUT2D eigenvalue weighted by atomic mass is 16.5. The third kappa shape index (κ3) is 4.63. The van der Waals surface area contributed by atoms with Crippen LogP contribution in [-0.2, 0) is 9.53 Å². The van der Waals surface area contributed by atoms with Gasteiger partial charge < -0.3 is 24.2 Å². The molecule has 0 unspecified atom stereocenters. The molecule has 22 heavy (non-hydrogen) atoms. The molecule has 7 heteroatoms. The van der Waals surface area contributed by atoms with Gasteiger partial charge in [-0.2, -0.15) is 0 Å². The standard InChI is InChI=1S/C15H21NO6/c1-20-12-5-4-11(10-13(12)21-2)15(19)16(8-9-17)7-6-14(18)22-3/h4-5,10,17H,6-9H2,1-3H3. The molecule has 0 bridgehead atoms. The van der Waals surface area contributed by atoms with Gasteiger partial charge in [-0.3, -0.25) is 9.59 Å². The van der Waals surface area contributed by atoms with E-state index in [0.29, 0.717) is 17.1 Å². The van der Waals surface area contributed by atoms with E-state index >= 15 is 0 Å². The summed E-state index contributed by atoms with van der Waals surface area (Å²) >= 11 is 0. The van der Waals surface area contributed by atoms with Crippen LogP contribution in [0.5, 0.6) is 11.5 Å². The number of aliphatic hydroxyl groups excluding tert-OH is 1. The van der Waals surface area contributed by atoms with E-state index in [0.717, 1.165) is 0 Å². The molecule has 0 aliphatic heterocycles. The number of aliphatic hydroxyl groups is 1. The monoisotopic (exact) mass is 311 g/mol. The summed E-state index contributed by atoms with van der Waals surface area (Å²) in [6.07, 6.45) is 0.0650. The molecule has 0 spiro atoms. The average molecular weight is 311 g/mol. The van der Waals surface area contributed by atoms with Crippen LogP contribution in [0.3, 0.4) is 0 Å². The summed E-state index contributed by atoms with van der Waals surface area (Å²) in [5, 5.41) is 9.08. The molecular formula is C15H21NO6. The summed E-state index contributed by atoms with van der Waals surface area (Å²) in [4.78, 5) is 25.1. The smallest absolute Gasteiger partial charge is 0.307 e. The fourth-order valence-corrected chi connectivity index (χ4v) is 1.92. The predicted octanol–water partition coefficient (Wildman–Crippen LogP) is 0.701. The van der Waals surface area contributed by atoms with Crippen molar-refractivity contribution in [3.8, 4) is 11.5 Å². The summed E-state index contributed by atoms with van der Waals surface area (Å²) in [6.45, 7) is 0.102. The second kappa shape index (κ2) is 8.89. The molecule has 0 heterocycles. The van der Waals surface area contributed by atoms with Gasteiger partial charge in [-0.15, -0.1) is 0 Å². The number of nitrogens with zero attached hydrogens (tertiary/aromatic N) is 1. The molecule has 0 aliphatic carbocycles.